The van der Waals surface area contributed by atoms with Crippen LogP contribution in [-0.2, 0) is 19.6 Å². The second-order valence-electron chi connectivity index (χ2n) is 5.97. The minimum atomic E-state index is -3.88. The number of pyridine rings is 1. The molecule has 30 heavy (non-hydrogen) atoms. The van der Waals surface area contributed by atoms with Gasteiger partial charge in [-0.15, -0.1) is 0 Å². The number of hydrogen-bond acceptors (Lipinski definition) is 8. The van der Waals surface area contributed by atoms with Gasteiger partial charge in [-0.25, -0.2) is 27.9 Å². The summed E-state index contributed by atoms with van der Waals surface area (Å²) in [5.41, 5.74) is 0.607. The zero-order valence-corrected chi connectivity index (χ0v) is 16.5. The SMILES string of the molecule is CC(OC(=O)c1ccncc1)C(=O)Nc1ccc(S(=O)(=O)Nc2ncccn2)cc1. The predicted molar refractivity (Wildman–Crippen MR) is 107 cm³/mol. The number of nitrogens with zero attached hydrogens (tertiary/aromatic N) is 3. The summed E-state index contributed by atoms with van der Waals surface area (Å²) in [7, 11) is -3.88. The van der Waals surface area contributed by atoms with E-state index in [0.717, 1.165) is 0 Å². The topological polar surface area (TPSA) is 140 Å². The molecule has 1 unspecified atom stereocenters. The molecule has 0 saturated heterocycles. The van der Waals surface area contributed by atoms with Crippen LogP contribution in [0.5, 0.6) is 0 Å². The van der Waals surface area contributed by atoms with Gasteiger partial charge in [-0.3, -0.25) is 9.78 Å². The van der Waals surface area contributed by atoms with Crippen molar-refractivity contribution >= 4 is 33.5 Å². The van der Waals surface area contributed by atoms with Crippen LogP contribution in [0.15, 0.2) is 72.1 Å². The molecule has 2 heterocycles. The third kappa shape index (κ3) is 5.35. The summed E-state index contributed by atoms with van der Waals surface area (Å²) in [6, 6.07) is 9.96. The van der Waals surface area contributed by atoms with E-state index in [-0.39, 0.29) is 16.4 Å². The fraction of sp³-hybridized carbons (Fsp3) is 0.105. The van der Waals surface area contributed by atoms with Gasteiger partial charge in [-0.1, -0.05) is 0 Å². The highest BCUT2D eigenvalue weighted by atomic mass is 32.2. The molecule has 0 bridgehead atoms. The van der Waals surface area contributed by atoms with Crippen molar-refractivity contribution in [3.8, 4) is 0 Å². The Kier molecular flexibility index (Phi) is 6.32. The number of ether oxygens (including phenoxy) is 1. The molecule has 0 radical (unpaired) electrons. The third-order valence-electron chi connectivity index (χ3n) is 3.79. The Labute approximate surface area is 172 Å². The van der Waals surface area contributed by atoms with Gasteiger partial charge in [0.1, 0.15) is 0 Å². The lowest BCUT2D eigenvalue weighted by Gasteiger charge is -2.14. The van der Waals surface area contributed by atoms with E-state index in [1.807, 2.05) is 0 Å². The zero-order chi connectivity index (χ0) is 21.6. The molecule has 0 spiro atoms. The van der Waals surface area contributed by atoms with Crippen LogP contribution in [0.3, 0.4) is 0 Å². The van der Waals surface area contributed by atoms with Gasteiger partial charge in [0.05, 0.1) is 10.5 Å². The summed E-state index contributed by atoms with van der Waals surface area (Å²) in [5, 5.41) is 2.56. The highest BCUT2D eigenvalue weighted by Gasteiger charge is 2.20. The smallest absolute Gasteiger partial charge is 0.339 e. The first-order valence-electron chi connectivity index (χ1n) is 8.67. The number of benzene rings is 1. The molecule has 0 fully saturated rings. The van der Waals surface area contributed by atoms with Crippen molar-refractivity contribution in [1.82, 2.24) is 15.0 Å². The zero-order valence-electron chi connectivity index (χ0n) is 15.7. The third-order valence-corrected chi connectivity index (χ3v) is 5.14. The van der Waals surface area contributed by atoms with Crippen LogP contribution in [0.25, 0.3) is 0 Å². The maximum Gasteiger partial charge on any atom is 0.339 e. The maximum atomic E-state index is 12.4. The van der Waals surface area contributed by atoms with E-state index in [9.17, 15) is 18.0 Å². The number of carbonyl (C=O) groups excluding carboxylic acids is 2. The molecule has 2 N–H and O–H groups in total. The minimum absolute atomic E-state index is 0.0369. The number of carbonyl (C=O) groups is 2. The molecule has 154 valence electrons. The second kappa shape index (κ2) is 9.09. The van der Waals surface area contributed by atoms with E-state index in [0.29, 0.717) is 5.69 Å². The first kappa shape index (κ1) is 20.9. The van der Waals surface area contributed by atoms with Crippen molar-refractivity contribution in [3.05, 3.63) is 72.8 Å². The summed E-state index contributed by atoms with van der Waals surface area (Å²) in [6.45, 7) is 1.43. The van der Waals surface area contributed by atoms with Gasteiger partial charge in [0, 0.05) is 30.5 Å². The number of sulfonamides is 1. The van der Waals surface area contributed by atoms with E-state index in [4.69, 9.17) is 4.74 Å². The Hall–Kier alpha value is -3.86. The van der Waals surface area contributed by atoms with Crippen molar-refractivity contribution in [1.29, 1.82) is 0 Å². The lowest BCUT2D eigenvalue weighted by Crippen LogP contribution is -2.30. The van der Waals surface area contributed by atoms with Crippen molar-refractivity contribution in [2.45, 2.75) is 17.9 Å². The van der Waals surface area contributed by atoms with E-state index >= 15 is 0 Å². The van der Waals surface area contributed by atoms with Crippen LogP contribution >= 0.6 is 0 Å². The van der Waals surface area contributed by atoms with E-state index in [1.165, 1.54) is 68.1 Å². The van der Waals surface area contributed by atoms with Crippen LogP contribution in [0.1, 0.15) is 17.3 Å². The van der Waals surface area contributed by atoms with Crippen LogP contribution in [0, 0.1) is 0 Å². The molecule has 10 nitrogen and oxygen atoms in total. The van der Waals surface area contributed by atoms with E-state index < -0.39 is 28.0 Å². The summed E-state index contributed by atoms with van der Waals surface area (Å²) < 4.78 is 32.1. The van der Waals surface area contributed by atoms with Crippen LogP contribution in [0.4, 0.5) is 11.6 Å². The molecule has 2 aromatic heterocycles. The van der Waals surface area contributed by atoms with Crippen molar-refractivity contribution < 1.29 is 22.7 Å². The van der Waals surface area contributed by atoms with Gasteiger partial charge in [-0.2, -0.15) is 0 Å². The highest BCUT2D eigenvalue weighted by molar-refractivity contribution is 7.92. The number of hydrogen-bond donors (Lipinski definition) is 2. The Bertz CT molecular complexity index is 1120. The molecule has 0 aliphatic carbocycles. The molecule has 1 aromatic carbocycles. The summed E-state index contributed by atoms with van der Waals surface area (Å²) in [4.78, 5) is 35.6. The first-order chi connectivity index (χ1) is 14.3. The van der Waals surface area contributed by atoms with E-state index in [2.05, 4.69) is 25.0 Å². The van der Waals surface area contributed by atoms with E-state index in [1.54, 1.807) is 6.07 Å². The molecule has 3 rings (SSSR count). The highest BCUT2D eigenvalue weighted by Crippen LogP contribution is 2.17. The fourth-order valence-electron chi connectivity index (χ4n) is 2.26. The number of anilines is 2. The monoisotopic (exact) mass is 427 g/mol. The molecule has 3 aromatic rings. The number of amides is 1. The average Bonchev–Trinajstić information content (AvgIpc) is 2.75. The largest absolute Gasteiger partial charge is 0.449 e. The predicted octanol–water partition coefficient (Wildman–Crippen LogP) is 1.86. The van der Waals surface area contributed by atoms with Crippen LogP contribution in [0.2, 0.25) is 0 Å². The maximum absolute atomic E-state index is 12.4. The lowest BCUT2D eigenvalue weighted by atomic mass is 10.2. The lowest BCUT2D eigenvalue weighted by molar-refractivity contribution is -0.123. The molecule has 0 aliphatic heterocycles. The summed E-state index contributed by atoms with van der Waals surface area (Å²) >= 11 is 0. The molecule has 0 aliphatic rings. The summed E-state index contributed by atoms with van der Waals surface area (Å²) in [5.74, 6) is -1.28. The molecular weight excluding hydrogens is 410 g/mol. The molecular formula is C19H17N5O5S. The van der Waals surface area contributed by atoms with Gasteiger partial charge in [0.2, 0.25) is 5.95 Å². The fourth-order valence-corrected chi connectivity index (χ4v) is 3.22. The Morgan fingerprint density at radius 2 is 1.60 bits per heavy atom. The Morgan fingerprint density at radius 3 is 2.23 bits per heavy atom. The first-order valence-corrected chi connectivity index (χ1v) is 10.2. The molecule has 1 atom stereocenters. The standard InChI is InChI=1S/C19H17N5O5S/c1-13(29-18(26)14-7-11-20-12-8-14)17(25)23-15-3-5-16(6-4-15)30(27,28)24-19-21-9-2-10-22-19/h2-13H,1H3,(H,23,25)(H,21,22,24). The van der Waals surface area contributed by atoms with Crippen molar-refractivity contribution in [2.75, 3.05) is 10.0 Å². The quantitative estimate of drug-likeness (QED) is 0.545. The summed E-state index contributed by atoms with van der Waals surface area (Å²) in [6.07, 6.45) is 4.63. The molecule has 11 heteroatoms. The number of esters is 1. The molecule has 1 amide bonds. The van der Waals surface area contributed by atoms with Gasteiger partial charge in [0.15, 0.2) is 6.10 Å². The number of aromatic nitrogens is 3. The van der Waals surface area contributed by atoms with Crippen molar-refractivity contribution in [3.63, 3.8) is 0 Å². The van der Waals surface area contributed by atoms with Gasteiger partial charge in [0.25, 0.3) is 15.9 Å². The van der Waals surface area contributed by atoms with Gasteiger partial charge < -0.3 is 10.1 Å². The Balaban J connectivity index is 1.60. The Morgan fingerprint density at radius 1 is 0.967 bits per heavy atom. The van der Waals surface area contributed by atoms with Crippen molar-refractivity contribution in [2.24, 2.45) is 0 Å². The normalized spacial score (nSPS) is 11.9. The van der Waals surface area contributed by atoms with Crippen LogP contribution < -0.4 is 10.0 Å². The molecule has 0 saturated carbocycles. The van der Waals surface area contributed by atoms with Crippen LogP contribution in [-0.4, -0.2) is 41.4 Å². The minimum Gasteiger partial charge on any atom is -0.449 e. The second-order valence-corrected chi connectivity index (χ2v) is 7.66. The average molecular weight is 427 g/mol. The number of nitrogens with one attached hydrogen (secondary N) is 2. The van der Waals surface area contributed by atoms with Gasteiger partial charge >= 0.3 is 5.97 Å². The number of rotatable bonds is 7. The van der Waals surface area contributed by atoms with Gasteiger partial charge in [-0.05, 0) is 49.4 Å².